The molecule has 0 heterocycles. The van der Waals surface area contributed by atoms with E-state index in [4.69, 9.17) is 2.74 Å². The van der Waals surface area contributed by atoms with Crippen LogP contribution in [0.2, 0.25) is 0 Å². The fraction of sp³-hybridized carbons (Fsp3) is 0.867. The van der Waals surface area contributed by atoms with Gasteiger partial charge in [-0.2, -0.15) is 0 Å². The summed E-state index contributed by atoms with van der Waals surface area (Å²) < 4.78 is 17.5. The molecule has 4 fully saturated rings. The minimum Gasteiger partial charge on any atom is -0.481 e. The number of ketones is 1. The van der Waals surface area contributed by atoms with Gasteiger partial charge < -0.3 is 10.2 Å². The van der Waals surface area contributed by atoms with E-state index in [1.165, 1.54) is 5.57 Å². The van der Waals surface area contributed by atoms with Crippen molar-refractivity contribution in [2.75, 3.05) is 0 Å². The predicted octanol–water partition coefficient (Wildman–Crippen LogP) is 6.41. The highest BCUT2D eigenvalue weighted by Gasteiger charge is 2.70. The number of carboxylic acids is 1. The lowest BCUT2D eigenvalue weighted by molar-refractivity contribution is -0.202. The smallest absolute Gasteiger partial charge is 0.309 e. The first-order valence-corrected chi connectivity index (χ1v) is 13.5. The topological polar surface area (TPSA) is 74.6 Å². The van der Waals surface area contributed by atoms with E-state index in [0.29, 0.717) is 12.8 Å². The molecular formula is C30H46O4. The molecule has 4 heteroatoms. The van der Waals surface area contributed by atoms with Crippen LogP contribution in [0, 0.1) is 50.2 Å². The molecule has 0 aromatic rings. The van der Waals surface area contributed by atoms with E-state index in [9.17, 15) is 19.8 Å². The molecule has 0 amide bonds. The molecule has 0 saturated heterocycles. The number of hydrogen-bond acceptors (Lipinski definition) is 3. The zero-order valence-electron chi connectivity index (χ0n) is 24.3. The summed E-state index contributed by atoms with van der Waals surface area (Å²) in [5.74, 6) is -0.801. The van der Waals surface area contributed by atoms with E-state index in [2.05, 4.69) is 27.7 Å². The molecule has 5 aliphatic carbocycles. The van der Waals surface area contributed by atoms with Crippen LogP contribution in [0.15, 0.2) is 11.6 Å². The van der Waals surface area contributed by atoms with Crippen molar-refractivity contribution in [3.63, 3.8) is 0 Å². The van der Waals surface area contributed by atoms with E-state index >= 15 is 0 Å². The molecule has 190 valence electrons. The number of carboxylic acid groups (broad SMARTS) is 1. The Balaban J connectivity index is 1.65. The molecule has 4 nitrogen and oxygen atoms in total. The molecular weight excluding hydrogens is 424 g/mol. The summed E-state index contributed by atoms with van der Waals surface area (Å²) in [4.78, 5) is 26.5. The van der Waals surface area contributed by atoms with Gasteiger partial charge in [-0.05, 0) is 110 Å². The van der Waals surface area contributed by atoms with Crippen LogP contribution in [0.1, 0.15) is 109 Å². The second-order valence-electron chi connectivity index (χ2n) is 14.7. The normalized spacial score (nSPS) is 56.5. The van der Waals surface area contributed by atoms with Gasteiger partial charge in [-0.1, -0.05) is 47.1 Å². The SMILES string of the molecule is [2H]C1([2H])CC2(C)C(CCC3(C)C2C(=O)C=C2C4CC(C)(C(=O)O)CCC4(C)CCC23C)C(C)(C)C1O. The minimum absolute atomic E-state index is 0.0132. The molecule has 2 N–H and O–H groups in total. The third-order valence-electron chi connectivity index (χ3n) is 12.6. The summed E-state index contributed by atoms with van der Waals surface area (Å²) in [6.07, 6.45) is 5.17. The number of aliphatic carboxylic acids is 1. The van der Waals surface area contributed by atoms with Crippen LogP contribution < -0.4 is 0 Å². The molecule has 0 radical (unpaired) electrons. The van der Waals surface area contributed by atoms with Gasteiger partial charge in [0.1, 0.15) is 0 Å². The number of rotatable bonds is 1. The Labute approximate surface area is 208 Å². The van der Waals surface area contributed by atoms with E-state index in [0.717, 1.165) is 32.1 Å². The molecule has 0 aromatic heterocycles. The zero-order chi connectivity index (χ0) is 26.9. The highest BCUT2D eigenvalue weighted by atomic mass is 16.4. The number of fused-ring (bicyclic) bond motifs is 7. The number of aliphatic hydroxyl groups excluding tert-OH is 1. The monoisotopic (exact) mass is 472 g/mol. The standard InChI is InChI=1S/C30H46O4/c1-25(2)21-8-11-30(7)23(28(21,5)10-9-22(25)32)20(31)16-18-19-17-27(4,24(33)34)13-12-26(19,3)14-15-29(18,30)6/h16,19,21-23,32H,8-15,17H2,1-7H3,(H,33,34)/i9D2. The Kier molecular flexibility index (Phi) is 4.53. The Morgan fingerprint density at radius 2 is 1.65 bits per heavy atom. The van der Waals surface area contributed by atoms with Gasteiger partial charge in [0.15, 0.2) is 5.78 Å². The van der Waals surface area contributed by atoms with Crippen molar-refractivity contribution in [1.82, 2.24) is 0 Å². The quantitative estimate of drug-likeness (QED) is 0.462. The van der Waals surface area contributed by atoms with E-state index in [-0.39, 0.29) is 46.2 Å². The van der Waals surface area contributed by atoms with Crippen LogP contribution in [0.5, 0.6) is 0 Å². The zero-order valence-corrected chi connectivity index (χ0v) is 22.3. The summed E-state index contributed by atoms with van der Waals surface area (Å²) in [7, 11) is 0. The van der Waals surface area contributed by atoms with Crippen LogP contribution in [-0.2, 0) is 9.59 Å². The lowest BCUT2D eigenvalue weighted by Gasteiger charge is -2.70. The Bertz CT molecular complexity index is 1050. The Hall–Kier alpha value is -1.16. The average molecular weight is 473 g/mol. The number of carbonyl (C=O) groups excluding carboxylic acids is 1. The number of aliphatic hydroxyl groups is 1. The summed E-state index contributed by atoms with van der Waals surface area (Å²) in [6.45, 7) is 14.9. The van der Waals surface area contributed by atoms with Crippen LogP contribution >= 0.6 is 0 Å². The predicted molar refractivity (Wildman–Crippen MR) is 133 cm³/mol. The Morgan fingerprint density at radius 3 is 2.29 bits per heavy atom. The Morgan fingerprint density at radius 1 is 1.00 bits per heavy atom. The van der Waals surface area contributed by atoms with Gasteiger partial charge >= 0.3 is 5.97 Å². The van der Waals surface area contributed by atoms with Gasteiger partial charge in [-0.3, -0.25) is 9.59 Å². The average Bonchev–Trinajstić information content (AvgIpc) is 2.74. The van der Waals surface area contributed by atoms with Crippen molar-refractivity contribution in [2.45, 2.75) is 112 Å². The van der Waals surface area contributed by atoms with Crippen molar-refractivity contribution in [3.05, 3.63) is 11.6 Å². The van der Waals surface area contributed by atoms with Crippen molar-refractivity contribution >= 4 is 11.8 Å². The molecule has 0 aromatic carbocycles. The van der Waals surface area contributed by atoms with Crippen LogP contribution in [0.25, 0.3) is 0 Å². The van der Waals surface area contributed by atoms with Crippen molar-refractivity contribution in [2.24, 2.45) is 50.2 Å². The number of allylic oxidation sites excluding steroid dienone is 2. The number of carbonyl (C=O) groups is 2. The first kappa shape index (κ1) is 22.1. The van der Waals surface area contributed by atoms with Gasteiger partial charge in [0.25, 0.3) is 0 Å². The lowest BCUT2D eigenvalue weighted by Crippen LogP contribution is -2.66. The molecule has 5 aliphatic rings. The minimum atomic E-state index is -1.75. The van der Waals surface area contributed by atoms with E-state index in [1.54, 1.807) is 0 Å². The molecule has 9 unspecified atom stereocenters. The third kappa shape index (κ3) is 2.81. The van der Waals surface area contributed by atoms with Crippen molar-refractivity contribution < 1.29 is 22.5 Å². The maximum absolute atomic E-state index is 14.3. The van der Waals surface area contributed by atoms with E-state index < -0.39 is 34.7 Å². The van der Waals surface area contributed by atoms with Crippen LogP contribution in [0.4, 0.5) is 0 Å². The lowest BCUT2D eigenvalue weighted by atomic mass is 9.33. The van der Waals surface area contributed by atoms with Crippen LogP contribution in [0.3, 0.4) is 0 Å². The molecule has 0 aliphatic heterocycles. The van der Waals surface area contributed by atoms with E-state index in [1.807, 2.05) is 26.8 Å². The van der Waals surface area contributed by atoms with Crippen molar-refractivity contribution in [3.8, 4) is 0 Å². The second kappa shape index (κ2) is 6.99. The summed E-state index contributed by atoms with van der Waals surface area (Å²) in [6, 6.07) is 0. The number of hydrogen-bond donors (Lipinski definition) is 2. The first-order valence-electron chi connectivity index (χ1n) is 14.5. The maximum atomic E-state index is 14.3. The fourth-order valence-electron chi connectivity index (χ4n) is 9.99. The molecule has 4 saturated carbocycles. The molecule has 9 atom stereocenters. The van der Waals surface area contributed by atoms with Gasteiger partial charge in [-0.15, -0.1) is 0 Å². The molecule has 34 heavy (non-hydrogen) atoms. The van der Waals surface area contributed by atoms with Crippen LogP contribution in [-0.4, -0.2) is 28.1 Å². The largest absolute Gasteiger partial charge is 0.481 e. The third-order valence-corrected chi connectivity index (χ3v) is 12.6. The molecule has 5 rings (SSSR count). The highest BCUT2D eigenvalue weighted by molar-refractivity contribution is 5.95. The molecule has 0 spiro atoms. The fourth-order valence-corrected chi connectivity index (χ4v) is 9.99. The van der Waals surface area contributed by atoms with Crippen molar-refractivity contribution in [1.29, 1.82) is 0 Å². The second-order valence-corrected chi connectivity index (χ2v) is 14.7. The van der Waals surface area contributed by atoms with Gasteiger partial charge in [0.05, 0.1) is 11.5 Å². The summed E-state index contributed by atoms with van der Waals surface area (Å²) in [5.41, 5.74) is -1.32. The first-order chi connectivity index (χ1) is 16.3. The highest BCUT2D eigenvalue weighted by Crippen LogP contribution is 2.75. The van der Waals surface area contributed by atoms with Gasteiger partial charge in [0, 0.05) is 8.66 Å². The molecule has 0 bridgehead atoms. The van der Waals surface area contributed by atoms with Gasteiger partial charge in [-0.25, -0.2) is 0 Å². The summed E-state index contributed by atoms with van der Waals surface area (Å²) >= 11 is 0. The maximum Gasteiger partial charge on any atom is 0.309 e. The summed E-state index contributed by atoms with van der Waals surface area (Å²) in [5, 5.41) is 21.1. The van der Waals surface area contributed by atoms with Gasteiger partial charge in [0.2, 0.25) is 0 Å².